The molecule has 0 bridgehead atoms. The van der Waals surface area contributed by atoms with E-state index in [1.807, 2.05) is 0 Å². The Hall–Kier alpha value is -1.59. The fraction of sp³-hybridized carbons (Fsp3) is 0.273. The van der Waals surface area contributed by atoms with Gasteiger partial charge >= 0.3 is 0 Å². The van der Waals surface area contributed by atoms with Gasteiger partial charge in [0.2, 0.25) is 0 Å². The first-order chi connectivity index (χ1) is 7.74. The highest BCUT2D eigenvalue weighted by atomic mass is 35.5. The number of ether oxygens (including phenoxy) is 1. The summed E-state index contributed by atoms with van der Waals surface area (Å²) in [4.78, 5) is 15.5. The van der Waals surface area contributed by atoms with E-state index >= 15 is 0 Å². The molecule has 2 N–H and O–H groups in total. The summed E-state index contributed by atoms with van der Waals surface area (Å²) in [5.41, 5.74) is 5.57. The summed E-state index contributed by atoms with van der Waals surface area (Å²) in [5, 5.41) is 0.417. The molecule has 0 radical (unpaired) electrons. The Morgan fingerprint density at radius 2 is 2.24 bits per heavy atom. The maximum atomic E-state index is 11.7. The van der Waals surface area contributed by atoms with Crippen LogP contribution in [0.25, 0.3) is 11.0 Å². The van der Waals surface area contributed by atoms with Crippen molar-refractivity contribution in [2.45, 2.75) is 6.42 Å². The molecule has 1 heterocycles. The van der Waals surface area contributed by atoms with E-state index in [1.165, 1.54) is 0 Å². The van der Waals surface area contributed by atoms with E-state index in [9.17, 15) is 4.79 Å². The van der Waals surface area contributed by atoms with Crippen molar-refractivity contribution in [1.82, 2.24) is 4.98 Å². The van der Waals surface area contributed by atoms with Gasteiger partial charge in [0, 0.05) is 13.0 Å². The minimum Gasteiger partial charge on any atom is -0.497 e. The highest BCUT2D eigenvalue weighted by Gasteiger charge is 2.06. The molecule has 17 heavy (non-hydrogen) atoms. The van der Waals surface area contributed by atoms with Crippen molar-refractivity contribution >= 4 is 23.4 Å². The first kappa shape index (κ1) is 13.5. The topological polar surface area (TPSA) is 78.3 Å². The molecule has 0 spiro atoms. The Balaban J connectivity index is 0.00000144. The maximum absolute atomic E-state index is 11.7. The minimum absolute atomic E-state index is 0. The molecular formula is C11H13ClN2O3. The van der Waals surface area contributed by atoms with Crippen molar-refractivity contribution in [2.24, 2.45) is 5.73 Å². The SMILES string of the molecule is COc1ccc2oc(CCN)nc(=O)c2c1.Cl. The number of nitrogens with two attached hydrogens (primary N) is 1. The molecule has 1 aromatic heterocycles. The summed E-state index contributed by atoms with van der Waals surface area (Å²) < 4.78 is 10.5. The monoisotopic (exact) mass is 256 g/mol. The fourth-order valence-corrected chi connectivity index (χ4v) is 1.45. The number of methoxy groups -OCH3 is 1. The van der Waals surface area contributed by atoms with Gasteiger partial charge in [-0.25, -0.2) is 0 Å². The van der Waals surface area contributed by atoms with Crippen LogP contribution in [0.15, 0.2) is 27.4 Å². The third kappa shape index (κ3) is 2.75. The Labute approximate surface area is 104 Å². The largest absolute Gasteiger partial charge is 0.497 e. The number of benzene rings is 1. The zero-order valence-electron chi connectivity index (χ0n) is 9.30. The molecule has 0 aliphatic heterocycles. The van der Waals surface area contributed by atoms with Gasteiger partial charge in [-0.1, -0.05) is 0 Å². The van der Waals surface area contributed by atoms with E-state index in [4.69, 9.17) is 14.9 Å². The summed E-state index contributed by atoms with van der Waals surface area (Å²) in [7, 11) is 1.54. The standard InChI is InChI=1S/C11H12N2O3.ClH/c1-15-7-2-3-9-8(6-7)11(14)13-10(16-9)4-5-12;/h2-3,6H,4-5,12H2,1H3;1H. The van der Waals surface area contributed by atoms with Crippen molar-refractivity contribution < 1.29 is 9.15 Å². The van der Waals surface area contributed by atoms with E-state index in [0.29, 0.717) is 35.6 Å². The van der Waals surface area contributed by atoms with Gasteiger partial charge in [-0.15, -0.1) is 12.4 Å². The molecule has 0 aliphatic carbocycles. The van der Waals surface area contributed by atoms with Gasteiger partial charge in [-0.05, 0) is 18.2 Å². The number of fused-ring (bicyclic) bond motifs is 1. The van der Waals surface area contributed by atoms with Crippen LogP contribution in [0.5, 0.6) is 5.75 Å². The van der Waals surface area contributed by atoms with Crippen LogP contribution in [0.2, 0.25) is 0 Å². The van der Waals surface area contributed by atoms with Gasteiger partial charge in [-0.2, -0.15) is 4.98 Å². The highest BCUT2D eigenvalue weighted by molar-refractivity contribution is 5.85. The van der Waals surface area contributed by atoms with E-state index in [0.717, 1.165) is 0 Å². The maximum Gasteiger partial charge on any atom is 0.283 e. The molecule has 0 saturated carbocycles. The second kappa shape index (κ2) is 5.65. The third-order valence-corrected chi connectivity index (χ3v) is 2.23. The van der Waals surface area contributed by atoms with Crippen LogP contribution in [-0.4, -0.2) is 18.6 Å². The highest BCUT2D eigenvalue weighted by Crippen LogP contribution is 2.18. The lowest BCUT2D eigenvalue weighted by Crippen LogP contribution is -2.12. The smallest absolute Gasteiger partial charge is 0.283 e. The number of rotatable bonds is 3. The summed E-state index contributed by atoms with van der Waals surface area (Å²) in [6.07, 6.45) is 0.456. The molecule has 0 saturated heterocycles. The van der Waals surface area contributed by atoms with E-state index in [2.05, 4.69) is 4.98 Å². The Morgan fingerprint density at radius 3 is 2.88 bits per heavy atom. The van der Waals surface area contributed by atoms with Crippen molar-refractivity contribution in [1.29, 1.82) is 0 Å². The van der Waals surface area contributed by atoms with E-state index in [1.54, 1.807) is 25.3 Å². The van der Waals surface area contributed by atoms with Gasteiger partial charge in [0.1, 0.15) is 11.3 Å². The molecule has 92 valence electrons. The molecule has 6 heteroatoms. The fourth-order valence-electron chi connectivity index (χ4n) is 1.45. The van der Waals surface area contributed by atoms with Gasteiger partial charge in [0.25, 0.3) is 5.56 Å². The van der Waals surface area contributed by atoms with Crippen molar-refractivity contribution in [3.63, 3.8) is 0 Å². The molecule has 1 aromatic carbocycles. The molecule has 0 aliphatic rings. The van der Waals surface area contributed by atoms with Gasteiger partial charge in [0.15, 0.2) is 5.89 Å². The van der Waals surface area contributed by atoms with Crippen molar-refractivity contribution in [2.75, 3.05) is 13.7 Å². The quantitative estimate of drug-likeness (QED) is 0.890. The third-order valence-electron chi connectivity index (χ3n) is 2.23. The molecule has 5 nitrogen and oxygen atoms in total. The lowest BCUT2D eigenvalue weighted by Gasteiger charge is -2.02. The van der Waals surface area contributed by atoms with Crippen LogP contribution >= 0.6 is 12.4 Å². The molecule has 0 atom stereocenters. The average molecular weight is 257 g/mol. The molecule has 0 unspecified atom stereocenters. The average Bonchev–Trinajstić information content (AvgIpc) is 2.29. The van der Waals surface area contributed by atoms with Crippen LogP contribution in [-0.2, 0) is 6.42 Å². The van der Waals surface area contributed by atoms with Crippen LogP contribution in [0.4, 0.5) is 0 Å². The van der Waals surface area contributed by atoms with E-state index in [-0.39, 0.29) is 18.0 Å². The van der Waals surface area contributed by atoms with E-state index < -0.39 is 0 Å². The lowest BCUT2D eigenvalue weighted by atomic mass is 10.2. The van der Waals surface area contributed by atoms with Crippen LogP contribution in [0, 0.1) is 0 Å². The molecule has 0 amide bonds. The second-order valence-corrected chi connectivity index (χ2v) is 3.31. The summed E-state index contributed by atoms with van der Waals surface area (Å²) in [6, 6.07) is 5.04. The number of nitrogens with zero attached hydrogens (tertiary/aromatic N) is 1. The molecule has 2 aromatic rings. The number of hydrogen-bond donors (Lipinski definition) is 1. The number of halogens is 1. The predicted octanol–water partition coefficient (Wildman–Crippen LogP) is 1.12. The predicted molar refractivity (Wildman–Crippen MR) is 66.8 cm³/mol. The Kier molecular flexibility index (Phi) is 4.48. The van der Waals surface area contributed by atoms with Gasteiger partial charge in [-0.3, -0.25) is 4.79 Å². The Bertz CT molecular complexity index is 568. The Morgan fingerprint density at radius 1 is 1.47 bits per heavy atom. The number of hydrogen-bond acceptors (Lipinski definition) is 5. The van der Waals surface area contributed by atoms with Crippen molar-refractivity contribution in [3.05, 3.63) is 34.4 Å². The normalized spacial score (nSPS) is 10.0. The van der Waals surface area contributed by atoms with Gasteiger partial charge in [0.05, 0.1) is 12.5 Å². The first-order valence-corrected chi connectivity index (χ1v) is 4.92. The zero-order chi connectivity index (χ0) is 11.5. The van der Waals surface area contributed by atoms with Crippen LogP contribution < -0.4 is 16.0 Å². The number of aromatic nitrogens is 1. The summed E-state index contributed by atoms with van der Waals surface area (Å²) in [5.74, 6) is 0.971. The van der Waals surface area contributed by atoms with Crippen molar-refractivity contribution in [3.8, 4) is 5.75 Å². The lowest BCUT2D eigenvalue weighted by molar-refractivity contribution is 0.414. The first-order valence-electron chi connectivity index (χ1n) is 4.92. The summed E-state index contributed by atoms with van der Waals surface area (Å²) in [6.45, 7) is 0.400. The molecular weight excluding hydrogens is 244 g/mol. The van der Waals surface area contributed by atoms with Gasteiger partial charge < -0.3 is 14.9 Å². The minimum atomic E-state index is -0.316. The van der Waals surface area contributed by atoms with Crippen LogP contribution in [0.1, 0.15) is 5.89 Å². The summed E-state index contributed by atoms with van der Waals surface area (Å²) >= 11 is 0. The molecule has 0 fully saturated rings. The van der Waals surface area contributed by atoms with Crippen LogP contribution in [0.3, 0.4) is 0 Å². The zero-order valence-corrected chi connectivity index (χ0v) is 10.1. The molecule has 2 rings (SSSR count). The second-order valence-electron chi connectivity index (χ2n) is 3.31.